The molecule has 0 amide bonds. The van der Waals surface area contributed by atoms with Gasteiger partial charge in [-0.25, -0.2) is 5.43 Å². The van der Waals surface area contributed by atoms with E-state index in [0.29, 0.717) is 0 Å². The Morgan fingerprint density at radius 1 is 1.44 bits per heavy atom. The van der Waals surface area contributed by atoms with Crippen LogP contribution in [0.25, 0.3) is 0 Å². The van der Waals surface area contributed by atoms with Gasteiger partial charge in [-0.2, -0.15) is 0 Å². The summed E-state index contributed by atoms with van der Waals surface area (Å²) in [7, 11) is 1.68. The first-order valence-electron chi connectivity index (χ1n) is 6.17. The third-order valence-corrected chi connectivity index (χ3v) is 3.27. The summed E-state index contributed by atoms with van der Waals surface area (Å²) < 4.78 is 10.7. The van der Waals surface area contributed by atoms with Crippen LogP contribution in [-0.2, 0) is 4.74 Å². The average Bonchev–Trinajstić information content (AvgIpc) is 2.42. The highest BCUT2D eigenvalue weighted by atomic mass is 16.5. The van der Waals surface area contributed by atoms with Crippen LogP contribution in [0.2, 0.25) is 0 Å². The second kappa shape index (κ2) is 5.89. The van der Waals surface area contributed by atoms with Crippen molar-refractivity contribution in [3.05, 3.63) is 41.2 Å². The molecular weight excluding hydrogens is 228 g/mol. The van der Waals surface area contributed by atoms with Gasteiger partial charge in [0.1, 0.15) is 5.75 Å². The van der Waals surface area contributed by atoms with Gasteiger partial charge in [-0.1, -0.05) is 12.1 Å². The Labute approximate surface area is 108 Å². The van der Waals surface area contributed by atoms with Crippen molar-refractivity contribution in [2.75, 3.05) is 13.7 Å². The number of methoxy groups -OCH3 is 1. The zero-order chi connectivity index (χ0) is 13.0. The van der Waals surface area contributed by atoms with Crippen molar-refractivity contribution in [1.82, 2.24) is 5.43 Å². The number of nitrogens with two attached hydrogens (primary N) is 1. The summed E-state index contributed by atoms with van der Waals surface area (Å²) >= 11 is 0. The maximum atomic E-state index is 5.68. The first kappa shape index (κ1) is 12.9. The third-order valence-electron chi connectivity index (χ3n) is 3.27. The predicted molar refractivity (Wildman–Crippen MR) is 71.1 cm³/mol. The van der Waals surface area contributed by atoms with Crippen LogP contribution in [0.1, 0.15) is 30.0 Å². The van der Waals surface area contributed by atoms with Crippen LogP contribution in [0.3, 0.4) is 0 Å². The lowest BCUT2D eigenvalue weighted by Gasteiger charge is -2.23. The molecule has 0 aliphatic carbocycles. The Balaban J connectivity index is 2.29. The van der Waals surface area contributed by atoms with Crippen molar-refractivity contribution < 1.29 is 9.47 Å². The summed E-state index contributed by atoms with van der Waals surface area (Å²) in [5.41, 5.74) is 6.24. The molecule has 0 saturated heterocycles. The molecule has 0 radical (unpaired) electrons. The van der Waals surface area contributed by atoms with E-state index >= 15 is 0 Å². The van der Waals surface area contributed by atoms with Crippen LogP contribution in [-0.4, -0.2) is 13.7 Å². The van der Waals surface area contributed by atoms with Crippen molar-refractivity contribution in [1.29, 1.82) is 0 Å². The number of nitrogens with one attached hydrogen (secondary N) is 1. The normalized spacial score (nSPS) is 16.7. The lowest BCUT2D eigenvalue weighted by molar-refractivity contribution is 0.219. The van der Waals surface area contributed by atoms with E-state index in [1.165, 1.54) is 5.57 Å². The number of rotatable bonds is 4. The van der Waals surface area contributed by atoms with E-state index < -0.39 is 0 Å². The number of aryl methyl sites for hydroxylation is 1. The molecule has 4 heteroatoms. The first-order chi connectivity index (χ1) is 8.76. The molecule has 1 aliphatic heterocycles. The van der Waals surface area contributed by atoms with Crippen molar-refractivity contribution >= 4 is 0 Å². The number of benzene rings is 1. The molecule has 0 aromatic heterocycles. The highest BCUT2D eigenvalue weighted by molar-refractivity contribution is 5.40. The molecule has 0 spiro atoms. The SMILES string of the molecule is COc1cc(C(NN)C2=COCCC2)ccc1C. The van der Waals surface area contributed by atoms with E-state index in [2.05, 4.69) is 11.5 Å². The lowest BCUT2D eigenvalue weighted by atomic mass is 9.95. The maximum absolute atomic E-state index is 5.68. The maximum Gasteiger partial charge on any atom is 0.122 e. The van der Waals surface area contributed by atoms with Gasteiger partial charge < -0.3 is 9.47 Å². The van der Waals surface area contributed by atoms with Crippen LogP contribution in [0, 0.1) is 6.92 Å². The smallest absolute Gasteiger partial charge is 0.122 e. The molecule has 1 heterocycles. The Morgan fingerprint density at radius 3 is 2.89 bits per heavy atom. The van der Waals surface area contributed by atoms with Gasteiger partial charge in [0.25, 0.3) is 0 Å². The number of ether oxygens (including phenoxy) is 2. The van der Waals surface area contributed by atoms with Gasteiger partial charge in [-0.15, -0.1) is 0 Å². The second-order valence-electron chi connectivity index (χ2n) is 4.50. The van der Waals surface area contributed by atoms with Gasteiger partial charge in [0.15, 0.2) is 0 Å². The summed E-state index contributed by atoms with van der Waals surface area (Å²) in [6, 6.07) is 6.12. The van der Waals surface area contributed by atoms with Gasteiger partial charge in [-0.3, -0.25) is 5.84 Å². The molecular formula is C14H20N2O2. The summed E-state index contributed by atoms with van der Waals surface area (Å²) in [4.78, 5) is 0. The number of hydrogen-bond acceptors (Lipinski definition) is 4. The topological polar surface area (TPSA) is 56.5 Å². The minimum atomic E-state index is -0.0141. The Bertz CT molecular complexity index is 443. The summed E-state index contributed by atoms with van der Waals surface area (Å²) in [5.74, 6) is 6.56. The van der Waals surface area contributed by atoms with Gasteiger partial charge in [0, 0.05) is 0 Å². The molecule has 3 N–H and O–H groups in total. The van der Waals surface area contributed by atoms with Crippen LogP contribution >= 0.6 is 0 Å². The molecule has 4 nitrogen and oxygen atoms in total. The largest absolute Gasteiger partial charge is 0.501 e. The Kier molecular flexibility index (Phi) is 4.23. The molecule has 18 heavy (non-hydrogen) atoms. The fourth-order valence-electron chi connectivity index (χ4n) is 2.23. The molecule has 0 bridgehead atoms. The van der Waals surface area contributed by atoms with Crippen LogP contribution in [0.15, 0.2) is 30.0 Å². The molecule has 1 aliphatic rings. The van der Waals surface area contributed by atoms with Crippen molar-refractivity contribution in [2.45, 2.75) is 25.8 Å². The molecule has 1 aromatic carbocycles. The second-order valence-corrected chi connectivity index (χ2v) is 4.50. The molecule has 1 aromatic rings. The van der Waals surface area contributed by atoms with E-state index in [9.17, 15) is 0 Å². The van der Waals surface area contributed by atoms with E-state index in [0.717, 1.165) is 36.3 Å². The van der Waals surface area contributed by atoms with Crippen LogP contribution in [0.4, 0.5) is 0 Å². The summed E-state index contributed by atoms with van der Waals surface area (Å²) in [6.45, 7) is 2.81. The van der Waals surface area contributed by atoms with E-state index in [1.54, 1.807) is 7.11 Å². The minimum Gasteiger partial charge on any atom is -0.501 e. The average molecular weight is 248 g/mol. The van der Waals surface area contributed by atoms with E-state index in [1.807, 2.05) is 25.3 Å². The van der Waals surface area contributed by atoms with Gasteiger partial charge in [0.05, 0.1) is 26.0 Å². The molecule has 1 unspecified atom stereocenters. The van der Waals surface area contributed by atoms with Gasteiger partial charge >= 0.3 is 0 Å². The quantitative estimate of drug-likeness (QED) is 0.633. The lowest BCUT2D eigenvalue weighted by Crippen LogP contribution is -2.30. The predicted octanol–water partition coefficient (Wildman–Crippen LogP) is 2.20. The fraction of sp³-hybridized carbons (Fsp3) is 0.429. The summed E-state index contributed by atoms with van der Waals surface area (Å²) in [5, 5.41) is 0. The summed E-state index contributed by atoms with van der Waals surface area (Å²) in [6.07, 6.45) is 3.86. The molecule has 0 fully saturated rings. The fourth-order valence-corrected chi connectivity index (χ4v) is 2.23. The zero-order valence-electron chi connectivity index (χ0n) is 10.9. The molecule has 1 atom stereocenters. The third kappa shape index (κ3) is 2.66. The molecule has 98 valence electrons. The Hall–Kier alpha value is -1.52. The number of hydrazine groups is 1. The first-order valence-corrected chi connectivity index (χ1v) is 6.17. The van der Waals surface area contributed by atoms with Crippen LogP contribution < -0.4 is 16.0 Å². The zero-order valence-corrected chi connectivity index (χ0v) is 10.9. The molecule has 0 saturated carbocycles. The monoisotopic (exact) mass is 248 g/mol. The van der Waals surface area contributed by atoms with Gasteiger partial charge in [0.2, 0.25) is 0 Å². The highest BCUT2D eigenvalue weighted by Gasteiger charge is 2.18. The van der Waals surface area contributed by atoms with E-state index in [-0.39, 0.29) is 6.04 Å². The minimum absolute atomic E-state index is 0.0141. The number of hydrogen-bond donors (Lipinski definition) is 2. The van der Waals surface area contributed by atoms with Crippen molar-refractivity contribution in [2.24, 2.45) is 5.84 Å². The van der Waals surface area contributed by atoms with Crippen LogP contribution in [0.5, 0.6) is 5.75 Å². The van der Waals surface area contributed by atoms with E-state index in [4.69, 9.17) is 15.3 Å². The Morgan fingerprint density at radius 2 is 2.28 bits per heavy atom. The van der Waals surface area contributed by atoms with Gasteiger partial charge in [-0.05, 0) is 42.5 Å². The standard InChI is InChI=1S/C14H20N2O2/c1-10-5-6-11(8-13(10)17-2)14(16-15)12-4-3-7-18-9-12/h5-6,8-9,14,16H,3-4,7,15H2,1-2H3. The van der Waals surface area contributed by atoms with Crippen molar-refractivity contribution in [3.63, 3.8) is 0 Å². The van der Waals surface area contributed by atoms with Crippen molar-refractivity contribution in [3.8, 4) is 5.75 Å². The molecule has 2 rings (SSSR count). The highest BCUT2D eigenvalue weighted by Crippen LogP contribution is 2.30.